The van der Waals surface area contributed by atoms with E-state index in [0.29, 0.717) is 23.6 Å². The first-order valence-electron chi connectivity index (χ1n) is 8.86. The second-order valence-corrected chi connectivity index (χ2v) is 6.68. The number of pyridine rings is 1. The van der Waals surface area contributed by atoms with E-state index in [9.17, 15) is 9.59 Å². The molecule has 2 amide bonds. The average molecular weight is 398 g/mol. The van der Waals surface area contributed by atoms with Crippen LogP contribution in [0.2, 0.25) is 5.02 Å². The maximum Gasteiger partial charge on any atom is 0.270 e. The zero-order valence-corrected chi connectivity index (χ0v) is 16.1. The summed E-state index contributed by atoms with van der Waals surface area (Å²) >= 11 is 5.91. The van der Waals surface area contributed by atoms with Gasteiger partial charge in [-0.3, -0.25) is 25.4 Å². The number of nitrogens with zero attached hydrogens (tertiary/aromatic N) is 1. The highest BCUT2D eigenvalue weighted by molar-refractivity contribution is 6.30. The van der Waals surface area contributed by atoms with Crippen LogP contribution < -0.4 is 15.6 Å². The molecule has 0 saturated carbocycles. The third-order valence-corrected chi connectivity index (χ3v) is 4.39. The highest BCUT2D eigenvalue weighted by atomic mass is 35.5. The fraction of sp³-hybridized carbons (Fsp3) is 0.190. The van der Waals surface area contributed by atoms with E-state index in [1.807, 2.05) is 37.3 Å². The number of fused-ring (bicyclic) bond motifs is 1. The van der Waals surface area contributed by atoms with Crippen LogP contribution in [0.15, 0.2) is 54.7 Å². The Morgan fingerprint density at radius 1 is 1.11 bits per heavy atom. The van der Waals surface area contributed by atoms with Crippen molar-refractivity contribution in [3.8, 4) is 5.75 Å². The van der Waals surface area contributed by atoms with E-state index in [1.165, 1.54) is 0 Å². The topological polar surface area (TPSA) is 80.3 Å². The minimum absolute atomic E-state index is 0.226. The zero-order chi connectivity index (χ0) is 19.9. The van der Waals surface area contributed by atoms with Gasteiger partial charge in [-0.1, -0.05) is 29.8 Å². The number of carbonyl (C=O) groups excluding carboxylic acids is 2. The second kappa shape index (κ2) is 9.19. The van der Waals surface area contributed by atoms with Crippen molar-refractivity contribution in [3.63, 3.8) is 0 Å². The van der Waals surface area contributed by atoms with Gasteiger partial charge in [-0.2, -0.15) is 0 Å². The van der Waals surface area contributed by atoms with E-state index in [0.717, 1.165) is 22.2 Å². The van der Waals surface area contributed by atoms with Crippen molar-refractivity contribution in [2.45, 2.75) is 19.8 Å². The molecular formula is C21H20ClN3O3. The number of rotatable bonds is 6. The summed E-state index contributed by atoms with van der Waals surface area (Å²) in [6.45, 7) is 2.30. The van der Waals surface area contributed by atoms with Crippen molar-refractivity contribution in [2.24, 2.45) is 0 Å². The maximum atomic E-state index is 12.4. The number of hydrazine groups is 1. The van der Waals surface area contributed by atoms with E-state index < -0.39 is 0 Å². The molecule has 2 N–H and O–H groups in total. The Kier molecular flexibility index (Phi) is 6.45. The number of halogens is 1. The Bertz CT molecular complexity index is 1000. The Morgan fingerprint density at radius 3 is 2.75 bits per heavy atom. The normalized spacial score (nSPS) is 10.5. The monoisotopic (exact) mass is 397 g/mol. The van der Waals surface area contributed by atoms with Crippen molar-refractivity contribution in [2.75, 3.05) is 6.61 Å². The largest absolute Gasteiger partial charge is 0.493 e. The molecule has 0 spiro atoms. The SMILES string of the molecule is Cc1cc(Cl)ccc1OCCCC(=O)NNC(=O)c1ccnc2ccccc12. The van der Waals surface area contributed by atoms with Crippen molar-refractivity contribution in [3.05, 3.63) is 70.9 Å². The lowest BCUT2D eigenvalue weighted by atomic mass is 10.1. The van der Waals surface area contributed by atoms with Crippen LogP contribution in [0.5, 0.6) is 5.75 Å². The third-order valence-electron chi connectivity index (χ3n) is 4.15. The summed E-state index contributed by atoms with van der Waals surface area (Å²) in [5.74, 6) is 0.0609. The van der Waals surface area contributed by atoms with Gasteiger partial charge < -0.3 is 4.74 Å². The van der Waals surface area contributed by atoms with Crippen LogP contribution in [0.3, 0.4) is 0 Å². The molecule has 0 radical (unpaired) electrons. The molecule has 0 saturated heterocycles. The van der Waals surface area contributed by atoms with Gasteiger partial charge in [0.2, 0.25) is 5.91 Å². The average Bonchev–Trinajstić information content (AvgIpc) is 2.70. The molecule has 1 heterocycles. The standard InChI is InChI=1S/C21H20ClN3O3/c1-14-13-15(22)8-9-19(14)28-12-4-7-20(26)24-25-21(27)17-10-11-23-18-6-3-2-5-16(17)18/h2-3,5-6,8-11,13H,4,7,12H2,1H3,(H,24,26)(H,25,27). The van der Waals surface area contributed by atoms with Gasteiger partial charge in [-0.25, -0.2) is 0 Å². The summed E-state index contributed by atoms with van der Waals surface area (Å²) in [5, 5.41) is 1.38. The number of nitrogens with one attached hydrogen (secondary N) is 2. The number of carbonyl (C=O) groups is 2. The predicted molar refractivity (Wildman–Crippen MR) is 108 cm³/mol. The Morgan fingerprint density at radius 2 is 1.93 bits per heavy atom. The Hall–Kier alpha value is -3.12. The fourth-order valence-electron chi connectivity index (χ4n) is 2.74. The molecule has 6 nitrogen and oxygen atoms in total. The Balaban J connectivity index is 1.44. The molecule has 0 aliphatic heterocycles. The zero-order valence-electron chi connectivity index (χ0n) is 15.4. The summed E-state index contributed by atoms with van der Waals surface area (Å²) in [4.78, 5) is 28.5. The third kappa shape index (κ3) is 4.98. The molecule has 0 fully saturated rings. The molecule has 3 aromatic rings. The van der Waals surface area contributed by atoms with Crippen LogP contribution in [0.1, 0.15) is 28.8 Å². The summed E-state index contributed by atoms with van der Waals surface area (Å²) in [6, 6.07) is 14.3. The van der Waals surface area contributed by atoms with Crippen molar-refractivity contribution < 1.29 is 14.3 Å². The highest BCUT2D eigenvalue weighted by Gasteiger charge is 2.11. The molecule has 0 atom stereocenters. The number of hydrogen-bond acceptors (Lipinski definition) is 4. The van der Waals surface area contributed by atoms with Crippen molar-refractivity contribution in [1.29, 1.82) is 0 Å². The molecular weight excluding hydrogens is 378 g/mol. The number of aromatic nitrogens is 1. The van der Waals surface area contributed by atoms with Gasteiger partial charge in [0.05, 0.1) is 17.7 Å². The lowest BCUT2D eigenvalue weighted by molar-refractivity contribution is -0.122. The molecule has 0 aliphatic rings. The lowest BCUT2D eigenvalue weighted by Gasteiger charge is -2.10. The number of ether oxygens (including phenoxy) is 1. The van der Waals surface area contributed by atoms with E-state index in [4.69, 9.17) is 16.3 Å². The van der Waals surface area contributed by atoms with Crippen molar-refractivity contribution in [1.82, 2.24) is 15.8 Å². The summed E-state index contributed by atoms with van der Waals surface area (Å²) in [7, 11) is 0. The first kappa shape index (κ1) is 19.6. The highest BCUT2D eigenvalue weighted by Crippen LogP contribution is 2.22. The van der Waals surface area contributed by atoms with Gasteiger partial charge in [0.15, 0.2) is 0 Å². The van der Waals surface area contributed by atoms with Crippen LogP contribution >= 0.6 is 11.6 Å². The second-order valence-electron chi connectivity index (χ2n) is 6.24. The summed E-state index contributed by atoms with van der Waals surface area (Å²) < 4.78 is 5.65. The van der Waals surface area contributed by atoms with Gasteiger partial charge in [-0.15, -0.1) is 0 Å². The van der Waals surface area contributed by atoms with Gasteiger partial charge in [0.1, 0.15) is 5.75 Å². The smallest absolute Gasteiger partial charge is 0.270 e. The minimum Gasteiger partial charge on any atom is -0.493 e. The lowest BCUT2D eigenvalue weighted by Crippen LogP contribution is -2.41. The van der Waals surface area contributed by atoms with Crippen molar-refractivity contribution >= 4 is 34.3 Å². The molecule has 3 rings (SSSR count). The molecule has 0 bridgehead atoms. The summed E-state index contributed by atoms with van der Waals surface area (Å²) in [5.41, 5.74) is 6.98. The van der Waals surface area contributed by atoms with Crippen LogP contribution in [0.4, 0.5) is 0 Å². The quantitative estimate of drug-likeness (QED) is 0.489. The van der Waals surface area contributed by atoms with Gasteiger partial charge >= 0.3 is 0 Å². The molecule has 1 aromatic heterocycles. The molecule has 144 valence electrons. The molecule has 0 unspecified atom stereocenters. The number of hydrogen-bond donors (Lipinski definition) is 2. The maximum absolute atomic E-state index is 12.4. The number of benzene rings is 2. The van der Waals surface area contributed by atoms with E-state index in [-0.39, 0.29) is 18.2 Å². The molecule has 28 heavy (non-hydrogen) atoms. The minimum atomic E-state index is -0.389. The molecule has 2 aromatic carbocycles. The van der Waals surface area contributed by atoms with Gasteiger partial charge in [0.25, 0.3) is 5.91 Å². The Labute approximate surface area is 167 Å². The van der Waals surface area contributed by atoms with Gasteiger partial charge in [0, 0.05) is 23.0 Å². The number of aryl methyl sites for hydroxylation is 1. The van der Waals surface area contributed by atoms with Gasteiger partial charge in [-0.05, 0) is 49.2 Å². The van der Waals surface area contributed by atoms with Crippen LogP contribution in [-0.2, 0) is 4.79 Å². The predicted octanol–water partition coefficient (Wildman–Crippen LogP) is 3.82. The van der Waals surface area contributed by atoms with E-state index in [2.05, 4.69) is 15.8 Å². The first-order valence-corrected chi connectivity index (χ1v) is 9.24. The number of para-hydroxylation sites is 1. The van der Waals surface area contributed by atoms with E-state index >= 15 is 0 Å². The fourth-order valence-corrected chi connectivity index (χ4v) is 2.97. The van der Waals surface area contributed by atoms with Crippen LogP contribution in [-0.4, -0.2) is 23.4 Å². The number of amides is 2. The molecule has 0 aliphatic carbocycles. The summed E-state index contributed by atoms with van der Waals surface area (Å²) in [6.07, 6.45) is 2.31. The van der Waals surface area contributed by atoms with E-state index in [1.54, 1.807) is 24.4 Å². The van der Waals surface area contributed by atoms with Crippen LogP contribution in [0.25, 0.3) is 10.9 Å². The molecule has 7 heteroatoms. The first-order chi connectivity index (χ1) is 13.5. The van der Waals surface area contributed by atoms with Crippen LogP contribution in [0, 0.1) is 6.92 Å².